The van der Waals surface area contributed by atoms with Crippen LogP contribution in [0.1, 0.15) is 35.7 Å². The minimum atomic E-state index is -0.0615. The number of anilines is 2. The molecule has 8 heteroatoms. The van der Waals surface area contributed by atoms with Crippen molar-refractivity contribution in [1.29, 1.82) is 0 Å². The predicted molar refractivity (Wildman–Crippen MR) is 106 cm³/mol. The van der Waals surface area contributed by atoms with Gasteiger partial charge in [0.25, 0.3) is 5.56 Å². The van der Waals surface area contributed by atoms with Gasteiger partial charge in [-0.1, -0.05) is 12.1 Å². The SMILES string of the molecule is O=c1c2ccccc2nc2nc(Nc3cc(C4CC4)[nH]n3)c3c(n12)CCNC3. The summed E-state index contributed by atoms with van der Waals surface area (Å²) in [4.78, 5) is 22.5. The second-order valence-corrected chi connectivity index (χ2v) is 7.49. The molecule has 1 saturated carbocycles. The third kappa shape index (κ3) is 2.41. The molecular formula is C20H19N7O. The summed E-state index contributed by atoms with van der Waals surface area (Å²) >= 11 is 0. The van der Waals surface area contributed by atoms with E-state index in [1.807, 2.05) is 30.3 Å². The van der Waals surface area contributed by atoms with Gasteiger partial charge >= 0.3 is 0 Å². The van der Waals surface area contributed by atoms with E-state index in [4.69, 9.17) is 4.98 Å². The molecule has 0 atom stereocenters. The molecule has 0 saturated heterocycles. The van der Waals surface area contributed by atoms with Crippen LogP contribution < -0.4 is 16.2 Å². The number of hydrogen-bond donors (Lipinski definition) is 3. The molecule has 3 aromatic heterocycles. The molecule has 4 heterocycles. The monoisotopic (exact) mass is 373 g/mol. The molecule has 0 spiro atoms. The molecule has 4 aromatic rings. The largest absolute Gasteiger partial charge is 0.323 e. The van der Waals surface area contributed by atoms with Crippen LogP contribution in [0.3, 0.4) is 0 Å². The molecule has 3 N–H and O–H groups in total. The first-order valence-corrected chi connectivity index (χ1v) is 9.64. The van der Waals surface area contributed by atoms with Crippen LogP contribution in [0.25, 0.3) is 16.7 Å². The zero-order chi connectivity index (χ0) is 18.7. The number of aromatic amines is 1. The van der Waals surface area contributed by atoms with Gasteiger partial charge in [0.2, 0.25) is 5.78 Å². The number of H-pyrrole nitrogens is 1. The molecule has 8 nitrogen and oxygen atoms in total. The number of para-hydroxylation sites is 1. The number of rotatable bonds is 3. The maximum absolute atomic E-state index is 13.1. The average Bonchev–Trinajstić information content (AvgIpc) is 3.47. The molecule has 1 aromatic carbocycles. The van der Waals surface area contributed by atoms with Crippen molar-refractivity contribution in [3.8, 4) is 0 Å². The lowest BCUT2D eigenvalue weighted by Gasteiger charge is -2.22. The van der Waals surface area contributed by atoms with E-state index in [1.165, 1.54) is 12.8 Å². The Hall–Kier alpha value is -3.26. The minimum Gasteiger partial charge on any atom is -0.323 e. The smallest absolute Gasteiger partial charge is 0.267 e. The Bertz CT molecular complexity index is 1290. The van der Waals surface area contributed by atoms with Crippen LogP contribution in [-0.2, 0) is 13.0 Å². The van der Waals surface area contributed by atoms with Gasteiger partial charge in [0.1, 0.15) is 5.82 Å². The Morgan fingerprint density at radius 1 is 1.18 bits per heavy atom. The van der Waals surface area contributed by atoms with Crippen molar-refractivity contribution in [2.24, 2.45) is 0 Å². The van der Waals surface area contributed by atoms with Crippen LogP contribution in [0.15, 0.2) is 35.1 Å². The normalized spacial score (nSPS) is 16.4. The Morgan fingerprint density at radius 3 is 2.96 bits per heavy atom. The van der Waals surface area contributed by atoms with E-state index in [9.17, 15) is 4.79 Å². The van der Waals surface area contributed by atoms with Gasteiger partial charge < -0.3 is 10.6 Å². The first kappa shape index (κ1) is 15.8. The lowest BCUT2D eigenvalue weighted by atomic mass is 10.1. The maximum Gasteiger partial charge on any atom is 0.267 e. The molecule has 1 fully saturated rings. The fourth-order valence-corrected chi connectivity index (χ4v) is 3.98. The van der Waals surface area contributed by atoms with Gasteiger partial charge in [-0.05, 0) is 25.0 Å². The number of hydrogen-bond acceptors (Lipinski definition) is 6. The van der Waals surface area contributed by atoms with Crippen molar-refractivity contribution in [3.05, 3.63) is 57.6 Å². The molecule has 0 amide bonds. The zero-order valence-electron chi connectivity index (χ0n) is 15.2. The van der Waals surface area contributed by atoms with E-state index in [1.54, 1.807) is 4.40 Å². The Labute approximate surface area is 160 Å². The molecule has 140 valence electrons. The number of benzene rings is 1. The fourth-order valence-electron chi connectivity index (χ4n) is 3.98. The van der Waals surface area contributed by atoms with E-state index in [2.05, 4.69) is 25.8 Å². The number of aromatic nitrogens is 5. The van der Waals surface area contributed by atoms with Gasteiger partial charge in [0, 0.05) is 48.4 Å². The van der Waals surface area contributed by atoms with Gasteiger partial charge in [0.05, 0.1) is 10.9 Å². The molecule has 1 aliphatic heterocycles. The van der Waals surface area contributed by atoms with Crippen molar-refractivity contribution in [2.45, 2.75) is 31.7 Å². The molecule has 28 heavy (non-hydrogen) atoms. The zero-order valence-corrected chi connectivity index (χ0v) is 15.2. The molecule has 0 bridgehead atoms. The number of nitrogens with one attached hydrogen (secondary N) is 3. The van der Waals surface area contributed by atoms with E-state index < -0.39 is 0 Å². The fraction of sp³-hybridized carbons (Fsp3) is 0.300. The first-order valence-electron chi connectivity index (χ1n) is 9.64. The lowest BCUT2D eigenvalue weighted by Crippen LogP contribution is -2.31. The lowest BCUT2D eigenvalue weighted by molar-refractivity contribution is 0.619. The van der Waals surface area contributed by atoms with Crippen LogP contribution >= 0.6 is 0 Å². The summed E-state index contributed by atoms with van der Waals surface area (Å²) in [5.41, 5.74) is 3.72. The second-order valence-electron chi connectivity index (χ2n) is 7.49. The van der Waals surface area contributed by atoms with Crippen LogP contribution in [0.4, 0.5) is 11.6 Å². The van der Waals surface area contributed by atoms with Crippen molar-refractivity contribution >= 4 is 28.3 Å². The van der Waals surface area contributed by atoms with E-state index >= 15 is 0 Å². The Balaban J connectivity index is 1.55. The van der Waals surface area contributed by atoms with E-state index in [0.29, 0.717) is 35.0 Å². The van der Waals surface area contributed by atoms with Gasteiger partial charge in [-0.25, -0.2) is 9.38 Å². The summed E-state index contributed by atoms with van der Waals surface area (Å²) in [5.74, 6) is 2.48. The summed E-state index contributed by atoms with van der Waals surface area (Å²) in [6.07, 6.45) is 3.18. The highest BCUT2D eigenvalue weighted by Gasteiger charge is 2.26. The Kier molecular flexibility index (Phi) is 3.30. The standard InChI is InChI=1S/C20H19N7O/c28-19-12-3-1-2-4-14(12)22-20-24-18(13-10-21-8-7-16(13)27(19)20)23-17-9-15(25-26-17)11-5-6-11/h1-4,9,11,21H,5-8,10H2,(H2,22,23,24,25,26). The summed E-state index contributed by atoms with van der Waals surface area (Å²) in [6.45, 7) is 1.47. The molecular weight excluding hydrogens is 354 g/mol. The molecule has 6 rings (SSSR count). The van der Waals surface area contributed by atoms with Crippen molar-refractivity contribution in [3.63, 3.8) is 0 Å². The summed E-state index contributed by atoms with van der Waals surface area (Å²) in [6, 6.07) is 9.47. The maximum atomic E-state index is 13.1. The highest BCUT2D eigenvalue weighted by atomic mass is 16.1. The number of nitrogens with zero attached hydrogens (tertiary/aromatic N) is 4. The summed E-state index contributed by atoms with van der Waals surface area (Å²) in [5, 5.41) is 14.8. The molecule has 2 aliphatic rings. The highest BCUT2D eigenvalue weighted by Crippen LogP contribution is 2.39. The molecule has 0 unspecified atom stereocenters. The van der Waals surface area contributed by atoms with Crippen LogP contribution in [0.5, 0.6) is 0 Å². The summed E-state index contributed by atoms with van der Waals surface area (Å²) < 4.78 is 1.67. The van der Waals surface area contributed by atoms with Crippen LogP contribution in [-0.4, -0.2) is 31.1 Å². The first-order chi connectivity index (χ1) is 13.8. The third-order valence-electron chi connectivity index (χ3n) is 5.58. The number of fused-ring (bicyclic) bond motifs is 4. The Morgan fingerprint density at radius 2 is 2.07 bits per heavy atom. The van der Waals surface area contributed by atoms with Crippen LogP contribution in [0.2, 0.25) is 0 Å². The van der Waals surface area contributed by atoms with Crippen molar-refractivity contribution in [1.82, 2.24) is 29.9 Å². The second kappa shape index (κ2) is 5.87. The van der Waals surface area contributed by atoms with Crippen molar-refractivity contribution < 1.29 is 0 Å². The van der Waals surface area contributed by atoms with Crippen molar-refractivity contribution in [2.75, 3.05) is 11.9 Å². The van der Waals surface area contributed by atoms with E-state index in [0.717, 1.165) is 35.7 Å². The minimum absolute atomic E-state index is 0.0615. The predicted octanol–water partition coefficient (Wildman–Crippen LogP) is 2.23. The average molecular weight is 373 g/mol. The van der Waals surface area contributed by atoms with Gasteiger partial charge in [-0.2, -0.15) is 10.1 Å². The quantitative estimate of drug-likeness (QED) is 0.476. The van der Waals surface area contributed by atoms with Gasteiger partial charge in [-0.3, -0.25) is 9.89 Å². The molecule has 1 aliphatic carbocycles. The van der Waals surface area contributed by atoms with E-state index in [-0.39, 0.29) is 5.56 Å². The van der Waals surface area contributed by atoms with Gasteiger partial charge in [0.15, 0.2) is 5.82 Å². The van der Waals surface area contributed by atoms with Crippen LogP contribution in [0, 0.1) is 0 Å². The summed E-state index contributed by atoms with van der Waals surface area (Å²) in [7, 11) is 0. The topological polar surface area (TPSA) is 100 Å². The highest BCUT2D eigenvalue weighted by molar-refractivity contribution is 5.79. The molecule has 0 radical (unpaired) electrons. The van der Waals surface area contributed by atoms with Gasteiger partial charge in [-0.15, -0.1) is 0 Å². The third-order valence-corrected chi connectivity index (χ3v) is 5.58.